The molecule has 6 fully saturated rings. The predicted octanol–water partition coefficient (Wildman–Crippen LogP) is 7.31. The molecule has 36 heteroatoms. The molecule has 0 spiro atoms. The first kappa shape index (κ1) is 59.5. The maximum absolute atomic E-state index is 7.42. The quantitative estimate of drug-likeness (QED) is 0.0876. The highest BCUT2D eigenvalue weighted by Crippen LogP contribution is 2.53. The van der Waals surface area contributed by atoms with Crippen LogP contribution in [-0.4, -0.2) is 139 Å². The van der Waals surface area contributed by atoms with Gasteiger partial charge in [0.05, 0.1) is 0 Å². The first-order chi connectivity index (χ1) is 30.6. The van der Waals surface area contributed by atoms with Crippen molar-refractivity contribution in [3.63, 3.8) is 0 Å². The summed E-state index contributed by atoms with van der Waals surface area (Å²) in [6.07, 6.45) is 0. The second kappa shape index (κ2) is 19.3. The lowest BCUT2D eigenvalue weighted by atomic mass is 11.3. The molecule has 0 N–H and O–H groups in total. The molecule has 0 atom stereocenters. The molecule has 6 heterocycles. The van der Waals surface area contributed by atoms with Gasteiger partial charge in [0.25, 0.3) is 0 Å². The molecule has 0 amide bonds. The average molecular weight is 1230 g/mol. The molecule has 0 radical (unpaired) electrons. The Bertz CT molecular complexity index is 1550. The minimum atomic E-state index is -5.33. The van der Waals surface area contributed by atoms with Crippen molar-refractivity contribution < 1.29 is 82.3 Å². The standard InChI is InChI=1S/C32H72O20Si16/c1-25-53(9,10)33-61-41-62(34-54(11,12)26-2)44-65(37-57(17,18)29-5)46-63(42-61,35-55(13,14)27-3)48-67(39-59(21,22)31-7)49-64(43-61,36-56(15,16)28-4)47-66(45-62,38-58(19,20)30-6)51-68(50-65,52-67)40-60(23,24)32-8/h25-32H,1-8H2,9-24H3. The highest BCUT2D eigenvalue weighted by atomic mass is 28.7. The summed E-state index contributed by atoms with van der Waals surface area (Å²) in [5.74, 6) is 0. The van der Waals surface area contributed by atoms with E-state index in [0.29, 0.717) is 0 Å². The van der Waals surface area contributed by atoms with E-state index in [2.05, 4.69) is 52.6 Å². The molecule has 68 heavy (non-hydrogen) atoms. The van der Waals surface area contributed by atoms with Gasteiger partial charge in [0, 0.05) is 0 Å². The third kappa shape index (κ3) is 13.7. The number of rotatable bonds is 24. The molecule has 6 saturated heterocycles. The predicted molar refractivity (Wildman–Crippen MR) is 289 cm³/mol. The van der Waals surface area contributed by atoms with Crippen LogP contribution < -0.4 is 0 Å². The smallest absolute Gasteiger partial charge is 0.391 e. The van der Waals surface area contributed by atoms with Crippen LogP contribution in [-0.2, 0) is 82.3 Å². The largest absolute Gasteiger partial charge is 0.651 e. The molecule has 0 unspecified atom stereocenters. The Balaban J connectivity index is 2.17. The van der Waals surface area contributed by atoms with E-state index >= 15 is 0 Å². The molecular weight excluding hydrogens is 1150 g/mol. The maximum atomic E-state index is 7.42. The fourth-order valence-corrected chi connectivity index (χ4v) is 69.7. The van der Waals surface area contributed by atoms with Gasteiger partial charge in [0.15, 0.2) is 0 Å². The van der Waals surface area contributed by atoms with Gasteiger partial charge in [-0.2, -0.15) is 0 Å². The van der Waals surface area contributed by atoms with Crippen molar-refractivity contribution in [3.05, 3.63) is 98.2 Å². The van der Waals surface area contributed by atoms with Gasteiger partial charge in [0.1, 0.15) is 0 Å². The highest BCUT2D eigenvalue weighted by molar-refractivity contribution is 7.05. The Morgan fingerprint density at radius 1 is 0.206 bits per heavy atom. The summed E-state index contributed by atoms with van der Waals surface area (Å²) in [4.78, 5) is 0. The van der Waals surface area contributed by atoms with E-state index in [1.807, 2.05) is 105 Å². The van der Waals surface area contributed by atoms with E-state index < -0.39 is 139 Å². The van der Waals surface area contributed by atoms with Crippen LogP contribution in [0.2, 0.25) is 105 Å². The molecule has 0 saturated carbocycles. The summed E-state index contributed by atoms with van der Waals surface area (Å²) in [5, 5.41) is 0. The van der Waals surface area contributed by atoms with Crippen LogP contribution in [0, 0.1) is 0 Å². The fourth-order valence-electron chi connectivity index (χ4n) is 5.75. The Hall–Kier alpha value is 0.590. The van der Waals surface area contributed by atoms with Crippen molar-refractivity contribution in [1.29, 1.82) is 0 Å². The van der Waals surface area contributed by atoms with Crippen molar-refractivity contribution in [2.75, 3.05) is 0 Å². The van der Waals surface area contributed by atoms with Crippen LogP contribution in [0.15, 0.2) is 98.2 Å². The van der Waals surface area contributed by atoms with Gasteiger partial charge in [-0.05, 0) is 105 Å². The van der Waals surface area contributed by atoms with E-state index in [-0.39, 0.29) is 0 Å². The Morgan fingerprint density at radius 2 is 0.279 bits per heavy atom. The minimum absolute atomic E-state index is 1.65. The van der Waals surface area contributed by atoms with Crippen molar-refractivity contribution in [2.24, 2.45) is 0 Å². The van der Waals surface area contributed by atoms with Crippen LogP contribution in [0.25, 0.3) is 0 Å². The molecular formula is C32H72O20Si16. The first-order valence-electron chi connectivity index (χ1n) is 21.7. The summed E-state index contributed by atoms with van der Waals surface area (Å²) >= 11 is 0. The van der Waals surface area contributed by atoms with Gasteiger partial charge in [0.2, 0.25) is 66.5 Å². The van der Waals surface area contributed by atoms with Gasteiger partial charge >= 0.3 is 72.4 Å². The topological polar surface area (TPSA) is 185 Å². The van der Waals surface area contributed by atoms with Gasteiger partial charge in [-0.1, -0.05) is 45.6 Å². The van der Waals surface area contributed by atoms with Gasteiger partial charge < -0.3 is 82.3 Å². The summed E-state index contributed by atoms with van der Waals surface area (Å²) in [6.45, 7) is 62.3. The second-order valence-electron chi connectivity index (χ2n) is 20.5. The van der Waals surface area contributed by atoms with Crippen LogP contribution in [0.3, 0.4) is 0 Å². The molecule has 20 nitrogen and oxygen atoms in total. The molecule has 6 rings (SSSR count). The van der Waals surface area contributed by atoms with Crippen LogP contribution in [0.5, 0.6) is 0 Å². The lowest BCUT2D eigenvalue weighted by Crippen LogP contribution is -2.93. The molecule has 0 aromatic heterocycles. The lowest BCUT2D eigenvalue weighted by Gasteiger charge is -2.60. The number of hydrogen-bond acceptors (Lipinski definition) is 20. The highest BCUT2D eigenvalue weighted by Gasteiger charge is 2.92. The summed E-state index contributed by atoms with van der Waals surface area (Å²) in [5.41, 5.74) is 13.2. The number of hydrogen-bond donors (Lipinski definition) is 0. The van der Waals surface area contributed by atoms with Crippen molar-refractivity contribution >= 4 is 139 Å². The van der Waals surface area contributed by atoms with E-state index in [1.165, 1.54) is 0 Å². The van der Waals surface area contributed by atoms with Gasteiger partial charge in [-0.15, -0.1) is 52.6 Å². The molecule has 8 bridgehead atoms. The fraction of sp³-hybridized carbons (Fsp3) is 0.500. The van der Waals surface area contributed by atoms with Crippen LogP contribution in [0.4, 0.5) is 0 Å². The first-order valence-corrected chi connectivity index (χ1v) is 58.7. The minimum Gasteiger partial charge on any atom is -0.391 e. The van der Waals surface area contributed by atoms with Crippen molar-refractivity contribution in [2.45, 2.75) is 105 Å². The van der Waals surface area contributed by atoms with Crippen LogP contribution >= 0.6 is 0 Å². The molecule has 6 aliphatic rings. The van der Waals surface area contributed by atoms with Gasteiger partial charge in [-0.25, -0.2) is 0 Å². The molecule has 0 aromatic rings. The van der Waals surface area contributed by atoms with E-state index in [4.69, 9.17) is 82.3 Å². The molecule has 384 valence electrons. The zero-order valence-corrected chi connectivity index (χ0v) is 58.4. The average Bonchev–Trinajstić information content (AvgIpc) is 3.13. The molecule has 6 aliphatic heterocycles. The summed E-state index contributed by atoms with van der Waals surface area (Å²) in [7, 11) is -68.6. The molecule has 0 aromatic carbocycles. The van der Waals surface area contributed by atoms with E-state index in [1.54, 1.807) is 45.6 Å². The van der Waals surface area contributed by atoms with E-state index in [0.717, 1.165) is 0 Å². The maximum Gasteiger partial charge on any atom is 0.651 e. The zero-order chi connectivity index (χ0) is 51.8. The normalized spacial score (nSPS) is 35.8. The SMILES string of the molecule is C=C[Si](C)(C)O[Si]12O[Si]3(O[Si](C)(C)C=C)O[Si]4(O[Si](C)(C)C=C)O[Si](O[Si](C)(C)C=C)(O1)O[Si]1(O[Si](C)(C)C=C)O[Si](O[Si](C)(C)C=C)(O2)O[Si](O[Si](C)(C)C=C)(O3)O[Si](O[Si](C)(C)C=C)(O4)O1. The van der Waals surface area contributed by atoms with E-state index in [9.17, 15) is 0 Å². The summed E-state index contributed by atoms with van der Waals surface area (Å²) < 4.78 is 146. The zero-order valence-electron chi connectivity index (χ0n) is 42.4. The summed E-state index contributed by atoms with van der Waals surface area (Å²) in [6, 6.07) is 0. The second-order valence-corrected chi connectivity index (χ2v) is 73.8. The Labute approximate surface area is 421 Å². The monoisotopic (exact) mass is 1220 g/mol. The van der Waals surface area contributed by atoms with Gasteiger partial charge in [-0.3, -0.25) is 0 Å². The van der Waals surface area contributed by atoms with Crippen molar-refractivity contribution in [3.8, 4) is 0 Å². The third-order valence-corrected chi connectivity index (χ3v) is 66.7. The molecule has 0 aliphatic carbocycles. The Morgan fingerprint density at radius 3 is 0.338 bits per heavy atom. The third-order valence-electron chi connectivity index (χ3n) is 10.0. The van der Waals surface area contributed by atoms with Crippen LogP contribution in [0.1, 0.15) is 0 Å². The van der Waals surface area contributed by atoms with Crippen molar-refractivity contribution in [1.82, 2.24) is 0 Å². The Kier molecular flexibility index (Phi) is 16.9. The lowest BCUT2D eigenvalue weighted by molar-refractivity contribution is -0.129.